The molecule has 1 unspecified atom stereocenters. The van der Waals surface area contributed by atoms with E-state index in [-0.39, 0.29) is 39.2 Å². The number of H-pyrrole nitrogens is 1. The lowest BCUT2D eigenvalue weighted by Gasteiger charge is -2.36. The van der Waals surface area contributed by atoms with Gasteiger partial charge in [0, 0.05) is 24.4 Å². The largest absolute Gasteiger partial charge is 0.492 e. The lowest BCUT2D eigenvalue weighted by atomic mass is 9.98. The van der Waals surface area contributed by atoms with Crippen LogP contribution in [0.3, 0.4) is 0 Å². The number of fused-ring (bicyclic) bond motifs is 1. The van der Waals surface area contributed by atoms with Crippen LogP contribution in [0.5, 0.6) is 5.75 Å². The highest BCUT2D eigenvalue weighted by Crippen LogP contribution is 2.39. The number of amides is 1. The highest BCUT2D eigenvalue weighted by Gasteiger charge is 2.31. The van der Waals surface area contributed by atoms with Crippen LogP contribution in [0.4, 0.5) is 10.5 Å². The molecule has 1 atom stereocenters. The molecule has 9 nitrogen and oxygen atoms in total. The highest BCUT2D eigenvalue weighted by molar-refractivity contribution is 7.94. The molecule has 4 aromatic rings. The third kappa shape index (κ3) is 7.65. The number of hydrogen-bond acceptors (Lipinski definition) is 7. The maximum atomic E-state index is 13.6. The van der Waals surface area contributed by atoms with Gasteiger partial charge in [0.25, 0.3) is 15.6 Å². The molecule has 2 N–H and O–H groups in total. The Labute approximate surface area is 272 Å². The highest BCUT2D eigenvalue weighted by atomic mass is 35.5. The molecule has 2 aromatic heterocycles. The molecule has 0 saturated carbocycles. The smallest absolute Gasteiger partial charge is 0.410 e. The van der Waals surface area contributed by atoms with Crippen LogP contribution in [-0.4, -0.2) is 49.2 Å². The van der Waals surface area contributed by atoms with Gasteiger partial charge in [-0.2, -0.15) is 0 Å². The summed E-state index contributed by atoms with van der Waals surface area (Å²) >= 11 is 7.63. The second-order valence-corrected chi connectivity index (χ2v) is 15.7. The summed E-state index contributed by atoms with van der Waals surface area (Å²) in [5, 5.41) is 2.29. The normalized spacial score (nSPS) is 15.7. The van der Waals surface area contributed by atoms with Crippen LogP contribution >= 0.6 is 22.9 Å². The fourth-order valence-corrected chi connectivity index (χ4v) is 8.00. The number of aromatic nitrogens is 1. The van der Waals surface area contributed by atoms with Crippen molar-refractivity contribution in [2.24, 2.45) is 0 Å². The number of hydrogen-bond donors (Lipinski definition) is 2. The number of carbonyl (C=O) groups is 1. The van der Waals surface area contributed by atoms with Crippen molar-refractivity contribution in [2.45, 2.75) is 76.2 Å². The molecule has 1 saturated heterocycles. The molecule has 12 heteroatoms. The molecule has 45 heavy (non-hydrogen) atoms. The number of carbonyl (C=O) groups excluding carboxylic acids is 1. The molecule has 3 heterocycles. The third-order valence-electron chi connectivity index (χ3n) is 7.52. The molecule has 0 aliphatic carbocycles. The lowest BCUT2D eigenvalue weighted by Crippen LogP contribution is -2.46. The molecule has 2 aromatic carbocycles. The Hall–Kier alpha value is -3.54. The van der Waals surface area contributed by atoms with Gasteiger partial charge in [-0.05, 0) is 83.0 Å². The average molecular weight is 672 g/mol. The SMILES string of the molecule is Cc1cc(C)cc(-c2c(OCCC3CCCCN3C(=O)OC(C)(C)C)c3cc(NS(=O)(=O)c4cccs4)c(Cl)cc3[nH]c2=O)c1. The van der Waals surface area contributed by atoms with Gasteiger partial charge in [0.15, 0.2) is 0 Å². The molecular weight excluding hydrogens is 634 g/mol. The number of sulfonamides is 1. The molecule has 1 aliphatic heterocycles. The van der Waals surface area contributed by atoms with E-state index in [1.54, 1.807) is 22.4 Å². The Morgan fingerprint density at radius 2 is 1.87 bits per heavy atom. The molecule has 240 valence electrons. The van der Waals surface area contributed by atoms with E-state index in [4.69, 9.17) is 21.1 Å². The first-order valence-corrected chi connectivity index (χ1v) is 17.6. The van der Waals surface area contributed by atoms with E-state index in [1.165, 1.54) is 12.1 Å². The van der Waals surface area contributed by atoms with E-state index in [1.807, 2.05) is 52.8 Å². The van der Waals surface area contributed by atoms with Crippen molar-refractivity contribution in [2.75, 3.05) is 17.9 Å². The zero-order valence-corrected chi connectivity index (χ0v) is 28.4. The van der Waals surface area contributed by atoms with Crippen molar-refractivity contribution in [1.82, 2.24) is 9.88 Å². The maximum Gasteiger partial charge on any atom is 0.410 e. The zero-order valence-electron chi connectivity index (χ0n) is 26.0. The average Bonchev–Trinajstić information content (AvgIpc) is 3.49. The fourth-order valence-electron chi connectivity index (χ4n) is 5.67. The number of likely N-dealkylation sites (tertiary alicyclic amines) is 1. The van der Waals surface area contributed by atoms with Crippen molar-refractivity contribution in [3.8, 4) is 16.9 Å². The Morgan fingerprint density at radius 1 is 1.13 bits per heavy atom. The van der Waals surface area contributed by atoms with Crippen molar-refractivity contribution in [3.05, 3.63) is 74.3 Å². The molecule has 1 amide bonds. The number of thiophene rings is 1. The quantitative estimate of drug-likeness (QED) is 0.197. The van der Waals surface area contributed by atoms with E-state index >= 15 is 0 Å². The van der Waals surface area contributed by atoms with E-state index in [0.717, 1.165) is 41.7 Å². The summed E-state index contributed by atoms with van der Waals surface area (Å²) in [6.45, 7) is 10.3. The number of rotatable bonds is 8. The van der Waals surface area contributed by atoms with Crippen LogP contribution in [0.2, 0.25) is 5.02 Å². The summed E-state index contributed by atoms with van der Waals surface area (Å²) in [5.41, 5.74) is 2.55. The number of anilines is 1. The minimum Gasteiger partial charge on any atom is -0.492 e. The number of benzene rings is 2. The number of piperidine rings is 1. The number of aryl methyl sites for hydroxylation is 2. The standard InChI is InChI=1S/C33H38ClN3O6S2/c1-20-15-21(2)17-22(16-20)29-30(42-13-11-23-9-6-7-12-37(23)32(39)43-33(3,4)5)24-18-27(25(34)19-26(24)35-31(29)38)36-45(40,41)28-10-8-14-44-28/h8,10,14-19,23,36H,6-7,9,11-13H2,1-5H3,(H,35,38). The van der Waals surface area contributed by atoms with Crippen molar-refractivity contribution in [3.63, 3.8) is 0 Å². The van der Waals surface area contributed by atoms with Crippen LogP contribution in [0.15, 0.2) is 56.8 Å². The monoisotopic (exact) mass is 671 g/mol. The fraction of sp³-hybridized carbons (Fsp3) is 0.394. The van der Waals surface area contributed by atoms with E-state index in [0.29, 0.717) is 40.7 Å². The van der Waals surface area contributed by atoms with E-state index in [9.17, 15) is 18.0 Å². The second-order valence-electron chi connectivity index (χ2n) is 12.4. The predicted octanol–water partition coefficient (Wildman–Crippen LogP) is 7.89. The Balaban J connectivity index is 1.55. The van der Waals surface area contributed by atoms with Crippen LogP contribution < -0.4 is 15.0 Å². The minimum atomic E-state index is -3.89. The van der Waals surface area contributed by atoms with Gasteiger partial charge in [-0.15, -0.1) is 11.3 Å². The molecular formula is C33H38ClN3O6S2. The summed E-state index contributed by atoms with van der Waals surface area (Å²) in [4.78, 5) is 31.3. The number of nitrogens with one attached hydrogen (secondary N) is 2. The van der Waals surface area contributed by atoms with Crippen LogP contribution in [0.25, 0.3) is 22.0 Å². The molecule has 1 aliphatic rings. The number of aromatic amines is 1. The van der Waals surface area contributed by atoms with Gasteiger partial charge >= 0.3 is 6.09 Å². The maximum absolute atomic E-state index is 13.6. The van der Waals surface area contributed by atoms with Crippen molar-refractivity contribution < 1.29 is 22.7 Å². The summed E-state index contributed by atoms with van der Waals surface area (Å²) in [6.07, 6.45) is 2.87. The number of ether oxygens (including phenoxy) is 2. The van der Waals surface area contributed by atoms with Crippen LogP contribution in [0, 0.1) is 13.8 Å². The van der Waals surface area contributed by atoms with Gasteiger partial charge in [-0.25, -0.2) is 13.2 Å². The molecule has 5 rings (SSSR count). The molecule has 0 bridgehead atoms. The Bertz CT molecular complexity index is 1860. The Kier molecular flexibility index (Phi) is 9.53. The first kappa shape index (κ1) is 32.8. The molecule has 1 fully saturated rings. The van der Waals surface area contributed by atoms with Crippen LogP contribution in [0.1, 0.15) is 57.6 Å². The van der Waals surface area contributed by atoms with Gasteiger partial charge in [0.2, 0.25) is 0 Å². The van der Waals surface area contributed by atoms with Gasteiger partial charge in [0.05, 0.1) is 28.4 Å². The second kappa shape index (κ2) is 13.1. The first-order valence-electron chi connectivity index (χ1n) is 14.9. The number of nitrogens with zero attached hydrogens (tertiary/aromatic N) is 1. The van der Waals surface area contributed by atoms with Crippen LogP contribution in [-0.2, 0) is 14.8 Å². The summed E-state index contributed by atoms with van der Waals surface area (Å²) in [6, 6.07) is 12.0. The summed E-state index contributed by atoms with van der Waals surface area (Å²) in [5.74, 6) is 0.312. The minimum absolute atomic E-state index is 0.0888. The summed E-state index contributed by atoms with van der Waals surface area (Å²) in [7, 11) is -3.89. The van der Waals surface area contributed by atoms with E-state index in [2.05, 4.69) is 9.71 Å². The third-order valence-corrected chi connectivity index (χ3v) is 10.6. The number of pyridine rings is 1. The number of halogens is 1. The lowest BCUT2D eigenvalue weighted by molar-refractivity contribution is 0.00745. The Morgan fingerprint density at radius 3 is 2.53 bits per heavy atom. The van der Waals surface area contributed by atoms with E-state index < -0.39 is 15.6 Å². The van der Waals surface area contributed by atoms with Gasteiger partial charge in [0.1, 0.15) is 15.6 Å². The molecule has 0 spiro atoms. The van der Waals surface area contributed by atoms with Crippen molar-refractivity contribution >= 4 is 55.6 Å². The molecule has 0 radical (unpaired) electrons. The van der Waals surface area contributed by atoms with Gasteiger partial charge < -0.3 is 19.4 Å². The van der Waals surface area contributed by atoms with Crippen molar-refractivity contribution in [1.29, 1.82) is 0 Å². The topological polar surface area (TPSA) is 118 Å². The van der Waals surface area contributed by atoms with Gasteiger partial charge in [-0.1, -0.05) is 47.0 Å². The zero-order chi connectivity index (χ0) is 32.5. The predicted molar refractivity (Wildman–Crippen MR) is 180 cm³/mol. The van der Waals surface area contributed by atoms with Gasteiger partial charge in [-0.3, -0.25) is 9.52 Å². The summed E-state index contributed by atoms with van der Waals surface area (Å²) < 4.78 is 41.0. The first-order chi connectivity index (χ1) is 21.2.